The summed E-state index contributed by atoms with van der Waals surface area (Å²) >= 11 is 6.38. The Morgan fingerprint density at radius 2 is 2.00 bits per heavy atom. The molecule has 10 heteroatoms. The Morgan fingerprint density at radius 1 is 1.19 bits per heavy atom. The molecule has 2 bridgehead atoms. The smallest absolute Gasteiger partial charge is 0.264 e. The fourth-order valence-electron chi connectivity index (χ4n) is 7.39. The van der Waals surface area contributed by atoms with Gasteiger partial charge in [0.1, 0.15) is 11.8 Å². The molecule has 1 fully saturated rings. The number of anilines is 1. The van der Waals surface area contributed by atoms with Crippen LogP contribution in [0.1, 0.15) is 67.4 Å². The summed E-state index contributed by atoms with van der Waals surface area (Å²) in [6, 6.07) is 13.3. The average Bonchev–Trinajstić information content (AvgIpc) is 3.11. The first kappa shape index (κ1) is 30.0. The van der Waals surface area contributed by atoms with E-state index in [1.807, 2.05) is 12.1 Å². The van der Waals surface area contributed by atoms with Gasteiger partial charge in [-0.1, -0.05) is 30.7 Å². The number of carbonyl (C=O) groups is 1. The molecule has 2 aromatic carbocycles. The molecule has 2 aliphatic carbocycles. The van der Waals surface area contributed by atoms with Crippen molar-refractivity contribution in [2.45, 2.75) is 68.6 Å². The minimum atomic E-state index is -4.00. The van der Waals surface area contributed by atoms with Crippen molar-refractivity contribution in [3.05, 3.63) is 70.3 Å². The van der Waals surface area contributed by atoms with E-state index in [-0.39, 0.29) is 28.7 Å². The van der Waals surface area contributed by atoms with E-state index in [4.69, 9.17) is 16.3 Å². The van der Waals surface area contributed by atoms with Crippen LogP contribution in [0.4, 0.5) is 5.69 Å². The number of hydrogen-bond acceptors (Lipinski definition) is 7. The van der Waals surface area contributed by atoms with Gasteiger partial charge in [-0.15, -0.1) is 0 Å². The predicted octanol–water partition coefficient (Wildman–Crippen LogP) is 5.14. The molecule has 0 unspecified atom stereocenters. The van der Waals surface area contributed by atoms with E-state index in [1.165, 1.54) is 11.1 Å². The number of carbonyl (C=O) groups excluding carboxylic acids is 1. The summed E-state index contributed by atoms with van der Waals surface area (Å²) < 4.78 is 35.2. The van der Waals surface area contributed by atoms with Crippen molar-refractivity contribution in [3.63, 3.8) is 0 Å². The van der Waals surface area contributed by atoms with E-state index < -0.39 is 26.8 Å². The SMILES string of the molecule is C[C@@H]1[C@@H](C)C/C=C\[C@@](O)(C#N)[C@@H]2CC[C@H]2CN2C[C@@]3(CCCc4cc(Cl)ccc43)COc3ccc(cc32)C(=O)NS1(=O)=O. The van der Waals surface area contributed by atoms with Crippen LogP contribution >= 0.6 is 11.6 Å². The summed E-state index contributed by atoms with van der Waals surface area (Å²) in [5.41, 5.74) is 1.36. The van der Waals surface area contributed by atoms with E-state index in [1.54, 1.807) is 44.2 Å². The molecule has 2 heterocycles. The fraction of sp³-hybridized carbons (Fsp3) is 0.515. The van der Waals surface area contributed by atoms with Crippen LogP contribution in [-0.4, -0.2) is 50.0 Å². The van der Waals surface area contributed by atoms with Crippen LogP contribution < -0.4 is 14.4 Å². The van der Waals surface area contributed by atoms with Crippen LogP contribution in [0.3, 0.4) is 0 Å². The van der Waals surface area contributed by atoms with Crippen LogP contribution in [0.25, 0.3) is 0 Å². The Hall–Kier alpha value is -3.06. The first-order chi connectivity index (χ1) is 20.4. The Kier molecular flexibility index (Phi) is 7.77. The van der Waals surface area contributed by atoms with Crippen LogP contribution in [0.2, 0.25) is 5.02 Å². The van der Waals surface area contributed by atoms with Gasteiger partial charge in [-0.3, -0.25) is 4.79 Å². The quantitative estimate of drug-likeness (QED) is 0.308. The molecule has 6 atom stereocenters. The van der Waals surface area contributed by atoms with Gasteiger partial charge in [0.15, 0.2) is 5.60 Å². The molecule has 2 aliphatic heterocycles. The number of hydrogen-bond donors (Lipinski definition) is 2. The summed E-state index contributed by atoms with van der Waals surface area (Å²) in [6.45, 7) is 4.96. The normalized spacial score (nSPS) is 34.3. The second-order valence-corrected chi connectivity index (χ2v) is 15.4. The van der Waals surface area contributed by atoms with E-state index in [2.05, 4.69) is 21.8 Å². The van der Waals surface area contributed by atoms with Crippen LogP contribution in [0.5, 0.6) is 5.75 Å². The van der Waals surface area contributed by atoms with Gasteiger partial charge < -0.3 is 14.7 Å². The highest BCUT2D eigenvalue weighted by Crippen LogP contribution is 2.48. The highest BCUT2D eigenvalue weighted by Gasteiger charge is 2.48. The summed E-state index contributed by atoms with van der Waals surface area (Å²) in [6.07, 6.45) is 8.00. The molecule has 2 aromatic rings. The predicted molar refractivity (Wildman–Crippen MR) is 166 cm³/mol. The molecule has 2 N–H and O–H groups in total. The number of fused-ring (bicyclic) bond motifs is 4. The van der Waals surface area contributed by atoms with Crippen molar-refractivity contribution in [1.82, 2.24) is 4.72 Å². The minimum absolute atomic E-state index is 0.0349. The molecule has 6 rings (SSSR count). The number of halogens is 1. The number of amides is 1. The van der Waals surface area contributed by atoms with Crippen molar-refractivity contribution < 1.29 is 23.1 Å². The Balaban J connectivity index is 1.45. The second kappa shape index (κ2) is 11.1. The monoisotopic (exact) mass is 623 g/mol. The number of allylic oxidation sites excluding steroid dienone is 1. The van der Waals surface area contributed by atoms with Gasteiger partial charge in [-0.2, -0.15) is 5.26 Å². The zero-order valence-electron chi connectivity index (χ0n) is 24.6. The molecular formula is C33H38ClN3O5S. The van der Waals surface area contributed by atoms with E-state index in [9.17, 15) is 23.6 Å². The van der Waals surface area contributed by atoms with Gasteiger partial charge in [0.25, 0.3) is 5.91 Å². The van der Waals surface area contributed by atoms with Crippen molar-refractivity contribution in [2.75, 3.05) is 24.6 Å². The largest absolute Gasteiger partial charge is 0.490 e. The standard InChI is InChI=1S/C33H38ClN3O5S/c1-21-5-3-14-33(39,18-35)28-10-7-25(28)17-37-19-32(13-4-6-23-15-26(34)9-11-27(23)32)20-42-30-12-8-24(16-29(30)37)31(38)36-43(40,41)22(21)2/h3,8-9,11-12,14-16,21-22,25,28,39H,4-7,10,13,17,19-20H2,1-2H3,(H,36,38)/b14-3-/t21-,22+,25-,28+,32-,33+/m0/s1. The molecular weight excluding hydrogens is 586 g/mol. The lowest BCUT2D eigenvalue weighted by Crippen LogP contribution is -2.52. The first-order valence-electron chi connectivity index (χ1n) is 15.1. The van der Waals surface area contributed by atoms with Crippen molar-refractivity contribution in [1.29, 1.82) is 5.26 Å². The average molecular weight is 624 g/mol. The topological polar surface area (TPSA) is 120 Å². The number of nitrogens with one attached hydrogen (secondary N) is 1. The number of benzene rings is 2. The lowest BCUT2D eigenvalue weighted by molar-refractivity contribution is -0.00464. The molecule has 228 valence electrons. The molecule has 0 saturated heterocycles. The summed E-state index contributed by atoms with van der Waals surface area (Å²) in [5, 5.41) is 21.5. The zero-order chi connectivity index (χ0) is 30.6. The minimum Gasteiger partial charge on any atom is -0.490 e. The number of sulfonamides is 1. The van der Waals surface area contributed by atoms with Crippen LogP contribution in [-0.2, 0) is 21.9 Å². The van der Waals surface area contributed by atoms with E-state index >= 15 is 0 Å². The summed E-state index contributed by atoms with van der Waals surface area (Å²) in [7, 11) is -4.00. The zero-order valence-corrected chi connectivity index (χ0v) is 26.1. The molecule has 8 nitrogen and oxygen atoms in total. The number of nitriles is 1. The second-order valence-electron chi connectivity index (χ2n) is 13.0. The number of ether oxygens (including phenoxy) is 1. The summed E-state index contributed by atoms with van der Waals surface area (Å²) in [5.74, 6) is -0.651. The Morgan fingerprint density at radius 3 is 2.74 bits per heavy atom. The van der Waals surface area contributed by atoms with Gasteiger partial charge in [0, 0.05) is 35.0 Å². The Bertz CT molecular complexity index is 1620. The number of aryl methyl sites for hydroxylation is 1. The third kappa shape index (κ3) is 5.43. The Labute approximate surface area is 258 Å². The van der Waals surface area contributed by atoms with Gasteiger partial charge in [0.2, 0.25) is 10.0 Å². The van der Waals surface area contributed by atoms with Gasteiger partial charge in [-0.05, 0) is 105 Å². The van der Waals surface area contributed by atoms with Crippen LogP contribution in [0, 0.1) is 29.1 Å². The number of nitrogens with zero attached hydrogens (tertiary/aromatic N) is 2. The molecule has 0 aromatic heterocycles. The molecule has 43 heavy (non-hydrogen) atoms. The molecule has 1 amide bonds. The maximum atomic E-state index is 13.3. The van der Waals surface area contributed by atoms with Crippen molar-refractivity contribution in [2.24, 2.45) is 17.8 Å². The van der Waals surface area contributed by atoms with Crippen molar-refractivity contribution >= 4 is 33.2 Å². The molecule has 1 saturated carbocycles. The van der Waals surface area contributed by atoms with E-state index in [0.717, 1.165) is 25.7 Å². The maximum absolute atomic E-state index is 13.3. The summed E-state index contributed by atoms with van der Waals surface area (Å²) in [4.78, 5) is 15.6. The van der Waals surface area contributed by atoms with E-state index in [0.29, 0.717) is 49.0 Å². The first-order valence-corrected chi connectivity index (χ1v) is 17.1. The van der Waals surface area contributed by atoms with Crippen LogP contribution in [0.15, 0.2) is 48.6 Å². The highest BCUT2D eigenvalue weighted by molar-refractivity contribution is 7.90. The molecule has 4 aliphatic rings. The number of aliphatic hydroxyl groups is 1. The number of rotatable bonds is 0. The lowest BCUT2D eigenvalue weighted by atomic mass is 9.64. The van der Waals surface area contributed by atoms with Gasteiger partial charge >= 0.3 is 0 Å². The van der Waals surface area contributed by atoms with Gasteiger partial charge in [0.05, 0.1) is 17.5 Å². The fourth-order valence-corrected chi connectivity index (χ4v) is 8.87. The molecule has 1 spiro atoms. The third-order valence-corrected chi connectivity index (χ3v) is 12.5. The maximum Gasteiger partial charge on any atom is 0.264 e. The lowest BCUT2D eigenvalue weighted by Gasteiger charge is -2.47. The molecule has 0 radical (unpaired) electrons. The highest BCUT2D eigenvalue weighted by atomic mass is 35.5. The van der Waals surface area contributed by atoms with Crippen molar-refractivity contribution in [3.8, 4) is 11.8 Å². The third-order valence-electron chi connectivity index (χ3n) is 10.3. The van der Waals surface area contributed by atoms with Gasteiger partial charge in [-0.25, -0.2) is 13.1 Å².